The van der Waals surface area contributed by atoms with Gasteiger partial charge in [0.05, 0.1) is 4.87 Å². The molecule has 0 aromatic carbocycles. The Morgan fingerprint density at radius 2 is 1.93 bits per heavy atom. The van der Waals surface area contributed by atoms with Crippen molar-refractivity contribution < 1.29 is 9.90 Å². The molecule has 4 heteroatoms. The molecule has 15 heavy (non-hydrogen) atoms. The highest BCUT2D eigenvalue weighted by Gasteiger charge is 2.45. The molecule has 2 N–H and O–H groups in total. The van der Waals surface area contributed by atoms with Crippen molar-refractivity contribution in [2.75, 3.05) is 5.75 Å². The summed E-state index contributed by atoms with van der Waals surface area (Å²) in [7, 11) is 0. The number of aliphatic carboxylic acids is 1. The average Bonchev–Trinajstić information content (AvgIpc) is 2.56. The summed E-state index contributed by atoms with van der Waals surface area (Å²) in [6.45, 7) is 4.60. The van der Waals surface area contributed by atoms with Crippen LogP contribution in [0.3, 0.4) is 0 Å². The molecule has 1 spiro atoms. The fourth-order valence-electron chi connectivity index (χ4n) is 2.40. The first-order valence-electron chi connectivity index (χ1n) is 5.57. The van der Waals surface area contributed by atoms with Crippen molar-refractivity contribution in [3.05, 3.63) is 0 Å². The topological polar surface area (TPSA) is 49.3 Å². The van der Waals surface area contributed by atoms with Gasteiger partial charge in [0.25, 0.3) is 0 Å². The Morgan fingerprint density at radius 3 is 2.40 bits per heavy atom. The maximum absolute atomic E-state index is 10.9. The zero-order valence-electron chi connectivity index (χ0n) is 9.38. The van der Waals surface area contributed by atoms with Crippen molar-refractivity contribution >= 4 is 17.7 Å². The van der Waals surface area contributed by atoms with Crippen LogP contribution in [0.1, 0.15) is 39.5 Å². The summed E-state index contributed by atoms with van der Waals surface area (Å²) in [6, 6.07) is -0.337. The van der Waals surface area contributed by atoms with Gasteiger partial charge < -0.3 is 5.11 Å². The molecule has 1 atom stereocenters. The van der Waals surface area contributed by atoms with Crippen molar-refractivity contribution in [1.82, 2.24) is 5.32 Å². The lowest BCUT2D eigenvalue weighted by Crippen LogP contribution is -2.48. The second-order valence-electron chi connectivity index (χ2n) is 5.50. The lowest BCUT2D eigenvalue weighted by molar-refractivity contribution is -0.139. The third-order valence-electron chi connectivity index (χ3n) is 3.67. The predicted molar refractivity (Wildman–Crippen MR) is 62.0 cm³/mol. The van der Waals surface area contributed by atoms with Gasteiger partial charge in [-0.05, 0) is 31.1 Å². The normalized spacial score (nSPS) is 33.1. The van der Waals surface area contributed by atoms with Crippen molar-refractivity contribution in [3.8, 4) is 0 Å². The summed E-state index contributed by atoms with van der Waals surface area (Å²) < 4.78 is 0. The number of thioether (sulfide) groups is 1. The molecule has 1 aliphatic carbocycles. The van der Waals surface area contributed by atoms with Gasteiger partial charge in [-0.1, -0.05) is 13.8 Å². The second-order valence-corrected chi connectivity index (χ2v) is 6.91. The molecular formula is C11H19NO2S. The highest BCUT2D eigenvalue weighted by atomic mass is 32.2. The number of carboxylic acid groups (broad SMARTS) is 1. The van der Waals surface area contributed by atoms with E-state index in [1.54, 1.807) is 0 Å². The van der Waals surface area contributed by atoms with Crippen LogP contribution in [-0.4, -0.2) is 27.7 Å². The van der Waals surface area contributed by atoms with Gasteiger partial charge in [-0.2, -0.15) is 0 Å². The van der Waals surface area contributed by atoms with Crippen LogP contribution in [0.2, 0.25) is 0 Å². The fourth-order valence-corrected chi connectivity index (χ4v) is 3.83. The van der Waals surface area contributed by atoms with Crippen molar-refractivity contribution in [2.24, 2.45) is 5.41 Å². The van der Waals surface area contributed by atoms with Gasteiger partial charge >= 0.3 is 5.97 Å². The van der Waals surface area contributed by atoms with Crippen molar-refractivity contribution in [3.63, 3.8) is 0 Å². The summed E-state index contributed by atoms with van der Waals surface area (Å²) in [6.07, 6.45) is 4.60. The van der Waals surface area contributed by atoms with E-state index in [4.69, 9.17) is 5.11 Å². The van der Waals surface area contributed by atoms with E-state index >= 15 is 0 Å². The Labute approximate surface area is 95.0 Å². The first-order valence-corrected chi connectivity index (χ1v) is 6.56. The third-order valence-corrected chi connectivity index (χ3v) is 5.25. The summed E-state index contributed by atoms with van der Waals surface area (Å²) in [5.74, 6) is 0.0136. The van der Waals surface area contributed by atoms with Crippen LogP contribution in [0.5, 0.6) is 0 Å². The fraction of sp³-hybridized carbons (Fsp3) is 0.909. The predicted octanol–water partition coefficient (Wildman–Crippen LogP) is 2.07. The van der Waals surface area contributed by atoms with E-state index in [9.17, 15) is 4.79 Å². The van der Waals surface area contributed by atoms with E-state index in [0.29, 0.717) is 5.41 Å². The van der Waals surface area contributed by atoms with Crippen LogP contribution in [0.25, 0.3) is 0 Å². The molecule has 0 unspecified atom stereocenters. The Hall–Kier alpha value is -0.220. The van der Waals surface area contributed by atoms with Crippen LogP contribution < -0.4 is 5.32 Å². The summed E-state index contributed by atoms with van der Waals surface area (Å²) in [5.41, 5.74) is 0.439. The molecule has 2 fully saturated rings. The highest BCUT2D eigenvalue weighted by Crippen LogP contribution is 2.48. The minimum absolute atomic E-state index is 0.0680. The van der Waals surface area contributed by atoms with E-state index in [1.807, 2.05) is 11.8 Å². The van der Waals surface area contributed by atoms with Crippen molar-refractivity contribution in [1.29, 1.82) is 0 Å². The molecule has 0 radical (unpaired) electrons. The number of hydrogen-bond acceptors (Lipinski definition) is 3. The maximum atomic E-state index is 10.9. The molecule has 1 heterocycles. The van der Waals surface area contributed by atoms with Gasteiger partial charge in [-0.3, -0.25) is 10.1 Å². The number of carboxylic acids is 1. The SMILES string of the molecule is CC1(C)CCC2(CC1)N[C@@H](C(=O)O)CS2. The number of rotatable bonds is 1. The molecule has 2 rings (SSSR count). The zero-order chi connectivity index (χ0) is 11.1. The Bertz CT molecular complexity index is 268. The standard InChI is InChI=1S/C11H19NO2S/c1-10(2)3-5-11(6-4-10)12-8(7-15-11)9(13)14/h8,12H,3-7H2,1-2H3,(H,13,14)/t8-/m1/s1. The second kappa shape index (κ2) is 3.67. The molecule has 86 valence electrons. The van der Waals surface area contributed by atoms with Gasteiger partial charge in [-0.15, -0.1) is 11.8 Å². The van der Waals surface area contributed by atoms with E-state index in [0.717, 1.165) is 18.6 Å². The van der Waals surface area contributed by atoms with E-state index in [1.165, 1.54) is 12.8 Å². The highest BCUT2D eigenvalue weighted by molar-refractivity contribution is 8.00. The molecule has 0 bridgehead atoms. The van der Waals surface area contributed by atoms with Crippen molar-refractivity contribution in [2.45, 2.75) is 50.4 Å². The third kappa shape index (κ3) is 2.31. The van der Waals surface area contributed by atoms with Crippen LogP contribution in [0, 0.1) is 5.41 Å². The molecule has 0 aromatic heterocycles. The van der Waals surface area contributed by atoms with Gasteiger partial charge in [0.15, 0.2) is 0 Å². The largest absolute Gasteiger partial charge is 0.480 e. The zero-order valence-corrected chi connectivity index (χ0v) is 10.2. The minimum atomic E-state index is -0.704. The van der Waals surface area contributed by atoms with Crippen LogP contribution >= 0.6 is 11.8 Å². The molecule has 0 aromatic rings. The molecule has 1 saturated carbocycles. The number of hydrogen-bond donors (Lipinski definition) is 2. The summed E-state index contributed by atoms with van der Waals surface area (Å²) in [5, 5.41) is 12.3. The van der Waals surface area contributed by atoms with Gasteiger partial charge in [0.1, 0.15) is 6.04 Å². The lowest BCUT2D eigenvalue weighted by atomic mass is 9.75. The summed E-state index contributed by atoms with van der Waals surface area (Å²) in [4.78, 5) is 10.9. The Kier molecular flexibility index (Phi) is 2.75. The molecule has 1 aliphatic heterocycles. The van der Waals surface area contributed by atoms with Crippen LogP contribution in [-0.2, 0) is 4.79 Å². The average molecular weight is 229 g/mol. The molecule has 1 saturated heterocycles. The van der Waals surface area contributed by atoms with E-state index < -0.39 is 5.97 Å². The maximum Gasteiger partial charge on any atom is 0.321 e. The Balaban J connectivity index is 1.98. The number of carbonyl (C=O) groups is 1. The van der Waals surface area contributed by atoms with Crippen LogP contribution in [0.15, 0.2) is 0 Å². The quantitative estimate of drug-likeness (QED) is 0.722. The molecule has 0 amide bonds. The van der Waals surface area contributed by atoms with E-state index in [-0.39, 0.29) is 10.9 Å². The first-order chi connectivity index (χ1) is 6.93. The molecular weight excluding hydrogens is 210 g/mol. The number of nitrogens with one attached hydrogen (secondary N) is 1. The smallest absolute Gasteiger partial charge is 0.321 e. The Morgan fingerprint density at radius 1 is 1.33 bits per heavy atom. The molecule has 2 aliphatic rings. The summed E-state index contributed by atoms with van der Waals surface area (Å²) >= 11 is 1.81. The van der Waals surface area contributed by atoms with Gasteiger partial charge in [0.2, 0.25) is 0 Å². The van der Waals surface area contributed by atoms with E-state index in [2.05, 4.69) is 19.2 Å². The monoisotopic (exact) mass is 229 g/mol. The minimum Gasteiger partial charge on any atom is -0.480 e. The molecule has 3 nitrogen and oxygen atoms in total. The van der Waals surface area contributed by atoms with Crippen LogP contribution in [0.4, 0.5) is 0 Å². The van der Waals surface area contributed by atoms with Gasteiger partial charge in [0, 0.05) is 5.75 Å². The lowest BCUT2D eigenvalue weighted by Gasteiger charge is -2.41. The van der Waals surface area contributed by atoms with Gasteiger partial charge in [-0.25, -0.2) is 0 Å². The first kappa shape index (κ1) is 11.3.